The zero-order valence-electron chi connectivity index (χ0n) is 16.4. The molecule has 0 heterocycles. The molecular weight excluding hydrogens is 352 g/mol. The van der Waals surface area contributed by atoms with E-state index in [1.54, 1.807) is 0 Å². The summed E-state index contributed by atoms with van der Waals surface area (Å²) in [6.45, 7) is 0. The Bertz CT molecular complexity index is 1130. The summed E-state index contributed by atoms with van der Waals surface area (Å²) in [5, 5.41) is 6.63. The summed E-state index contributed by atoms with van der Waals surface area (Å²) >= 11 is 0. The lowest BCUT2D eigenvalue weighted by molar-refractivity contribution is 1.00. The predicted octanol–water partition coefficient (Wildman–Crippen LogP) is 6.32. The van der Waals surface area contributed by atoms with Gasteiger partial charge in [0, 0.05) is 13.0 Å². The van der Waals surface area contributed by atoms with Gasteiger partial charge in [-0.3, -0.25) is 5.01 Å². The molecule has 0 N–H and O–H groups in total. The van der Waals surface area contributed by atoms with Crippen LogP contribution in [0.4, 0.5) is 5.69 Å². The highest BCUT2D eigenvalue weighted by Gasteiger charge is 2.30. The van der Waals surface area contributed by atoms with Crippen LogP contribution in [0.15, 0.2) is 108 Å². The van der Waals surface area contributed by atoms with Gasteiger partial charge in [0.15, 0.2) is 0 Å². The van der Waals surface area contributed by atoms with Crippen LogP contribution in [-0.2, 0) is 0 Å². The van der Waals surface area contributed by atoms with Crippen LogP contribution >= 0.6 is 0 Å². The first-order valence-corrected chi connectivity index (χ1v) is 9.93. The number of fused-ring (bicyclic) bond motifs is 3. The van der Waals surface area contributed by atoms with Crippen molar-refractivity contribution in [2.24, 2.45) is 5.10 Å². The number of hydrazone groups is 1. The highest BCUT2D eigenvalue weighted by atomic mass is 15.4. The van der Waals surface area contributed by atoms with Gasteiger partial charge in [0.1, 0.15) is 0 Å². The molecule has 0 aliphatic heterocycles. The molecule has 0 aromatic heterocycles. The second-order valence-electron chi connectivity index (χ2n) is 7.34. The number of para-hydroxylation sites is 1. The highest BCUT2D eigenvalue weighted by molar-refractivity contribution is 5.87. The summed E-state index contributed by atoms with van der Waals surface area (Å²) in [4.78, 5) is 0. The highest BCUT2D eigenvalue weighted by Crippen LogP contribution is 2.48. The van der Waals surface area contributed by atoms with Crippen molar-refractivity contribution in [1.82, 2.24) is 0 Å². The van der Waals surface area contributed by atoms with Crippen molar-refractivity contribution in [3.8, 4) is 11.1 Å². The first kappa shape index (κ1) is 17.4. The first-order valence-electron chi connectivity index (χ1n) is 9.93. The van der Waals surface area contributed by atoms with Crippen molar-refractivity contribution < 1.29 is 0 Å². The molecular formula is C27H22N2. The van der Waals surface area contributed by atoms with E-state index < -0.39 is 0 Å². The van der Waals surface area contributed by atoms with Crippen molar-refractivity contribution in [2.75, 3.05) is 12.1 Å². The molecule has 4 aromatic rings. The Morgan fingerprint density at radius 1 is 0.621 bits per heavy atom. The summed E-state index contributed by atoms with van der Waals surface area (Å²) in [5.74, 6) is 0.229. The Kier molecular flexibility index (Phi) is 4.45. The Morgan fingerprint density at radius 3 is 1.79 bits per heavy atom. The summed E-state index contributed by atoms with van der Waals surface area (Å²) in [6.07, 6.45) is 1.98. The van der Waals surface area contributed by atoms with Crippen LogP contribution in [0.2, 0.25) is 0 Å². The Labute approximate surface area is 171 Å². The lowest BCUT2D eigenvalue weighted by Gasteiger charge is -2.18. The monoisotopic (exact) mass is 374 g/mol. The van der Waals surface area contributed by atoms with E-state index in [0.717, 1.165) is 11.3 Å². The van der Waals surface area contributed by atoms with Crippen molar-refractivity contribution >= 4 is 11.9 Å². The van der Waals surface area contributed by atoms with Gasteiger partial charge in [-0.15, -0.1) is 0 Å². The van der Waals surface area contributed by atoms with E-state index in [4.69, 9.17) is 5.10 Å². The van der Waals surface area contributed by atoms with Gasteiger partial charge >= 0.3 is 0 Å². The Balaban J connectivity index is 1.58. The van der Waals surface area contributed by atoms with E-state index in [1.807, 2.05) is 36.5 Å². The third-order valence-electron chi connectivity index (χ3n) is 5.64. The van der Waals surface area contributed by atoms with Gasteiger partial charge in [-0.25, -0.2) is 0 Å². The average molecular weight is 374 g/mol. The molecule has 29 heavy (non-hydrogen) atoms. The Morgan fingerprint density at radius 2 is 1.14 bits per heavy atom. The van der Waals surface area contributed by atoms with E-state index in [0.29, 0.717) is 0 Å². The van der Waals surface area contributed by atoms with Crippen molar-refractivity contribution in [3.05, 3.63) is 125 Å². The van der Waals surface area contributed by atoms with E-state index in [9.17, 15) is 0 Å². The number of nitrogens with zero attached hydrogens (tertiary/aromatic N) is 2. The number of anilines is 1. The lowest BCUT2D eigenvalue weighted by atomic mass is 9.87. The smallest absolute Gasteiger partial charge is 0.0590 e. The SMILES string of the molecule is CN(N=Cc1ccccc1C1c2ccccc2-c2ccccc21)c1ccccc1. The van der Waals surface area contributed by atoms with Crippen LogP contribution in [0.1, 0.15) is 28.2 Å². The average Bonchev–Trinajstić information content (AvgIpc) is 3.13. The summed E-state index contributed by atoms with van der Waals surface area (Å²) in [7, 11) is 1.98. The fourth-order valence-corrected chi connectivity index (χ4v) is 4.24. The van der Waals surface area contributed by atoms with Crippen LogP contribution in [0.3, 0.4) is 0 Å². The second-order valence-corrected chi connectivity index (χ2v) is 7.34. The molecule has 2 nitrogen and oxygen atoms in total. The number of hydrogen-bond acceptors (Lipinski definition) is 2. The van der Waals surface area contributed by atoms with E-state index in [2.05, 4.69) is 84.9 Å². The van der Waals surface area contributed by atoms with E-state index in [-0.39, 0.29) is 5.92 Å². The molecule has 5 rings (SSSR count). The molecule has 0 saturated heterocycles. The fourth-order valence-electron chi connectivity index (χ4n) is 4.24. The first-order chi connectivity index (χ1) is 14.3. The van der Waals surface area contributed by atoms with Gasteiger partial charge < -0.3 is 0 Å². The molecule has 140 valence electrons. The second kappa shape index (κ2) is 7.40. The van der Waals surface area contributed by atoms with Crippen LogP contribution in [0, 0.1) is 0 Å². The van der Waals surface area contributed by atoms with Crippen molar-refractivity contribution in [1.29, 1.82) is 0 Å². The zero-order valence-corrected chi connectivity index (χ0v) is 16.4. The maximum atomic E-state index is 4.72. The third kappa shape index (κ3) is 3.13. The molecule has 0 amide bonds. The van der Waals surface area contributed by atoms with Crippen LogP contribution in [0.25, 0.3) is 11.1 Å². The Hall–Kier alpha value is -3.65. The van der Waals surface area contributed by atoms with Gasteiger partial charge in [0.05, 0.1) is 11.9 Å². The maximum Gasteiger partial charge on any atom is 0.0590 e. The molecule has 0 fully saturated rings. The van der Waals surface area contributed by atoms with Crippen molar-refractivity contribution in [2.45, 2.75) is 5.92 Å². The maximum absolute atomic E-state index is 4.72. The van der Waals surface area contributed by atoms with Crippen LogP contribution in [0.5, 0.6) is 0 Å². The minimum atomic E-state index is 0.229. The standard InChI is InChI=1S/C27H22N2/c1-29(21-12-3-2-4-13-21)28-19-20-11-5-6-14-22(20)27-25-17-9-7-15-23(25)24-16-8-10-18-26(24)27/h2-19,27H,1H3. The van der Waals surface area contributed by atoms with Crippen LogP contribution in [-0.4, -0.2) is 13.3 Å². The summed E-state index contributed by atoms with van der Waals surface area (Å²) in [6, 6.07) is 36.3. The number of rotatable bonds is 4. The van der Waals surface area contributed by atoms with Crippen molar-refractivity contribution in [3.63, 3.8) is 0 Å². The summed E-state index contributed by atoms with van der Waals surface area (Å²) < 4.78 is 0. The lowest BCUT2D eigenvalue weighted by Crippen LogP contribution is -2.10. The normalized spacial score (nSPS) is 12.7. The molecule has 0 spiro atoms. The van der Waals surface area contributed by atoms with E-state index >= 15 is 0 Å². The van der Waals surface area contributed by atoms with E-state index in [1.165, 1.54) is 27.8 Å². The number of benzene rings is 4. The third-order valence-corrected chi connectivity index (χ3v) is 5.64. The largest absolute Gasteiger partial charge is 0.269 e. The molecule has 2 heteroatoms. The molecule has 1 aliphatic carbocycles. The predicted molar refractivity (Wildman–Crippen MR) is 122 cm³/mol. The van der Waals surface area contributed by atoms with Gasteiger partial charge in [0.25, 0.3) is 0 Å². The molecule has 4 aromatic carbocycles. The zero-order chi connectivity index (χ0) is 19.6. The van der Waals surface area contributed by atoms with Gasteiger partial charge in [-0.05, 0) is 45.5 Å². The molecule has 0 saturated carbocycles. The molecule has 0 unspecified atom stereocenters. The molecule has 0 radical (unpaired) electrons. The molecule has 1 aliphatic rings. The number of hydrogen-bond donors (Lipinski definition) is 0. The molecule has 0 atom stereocenters. The quantitative estimate of drug-likeness (QED) is 0.265. The molecule has 0 bridgehead atoms. The van der Waals surface area contributed by atoms with Crippen LogP contribution < -0.4 is 5.01 Å². The fraction of sp³-hybridized carbons (Fsp3) is 0.0741. The topological polar surface area (TPSA) is 15.6 Å². The van der Waals surface area contributed by atoms with Gasteiger partial charge in [-0.1, -0.05) is 91.0 Å². The minimum Gasteiger partial charge on any atom is -0.269 e. The van der Waals surface area contributed by atoms with Gasteiger partial charge in [0.2, 0.25) is 0 Å². The summed E-state index contributed by atoms with van der Waals surface area (Å²) in [5.41, 5.74) is 8.90. The van der Waals surface area contributed by atoms with Gasteiger partial charge in [-0.2, -0.15) is 5.10 Å². The minimum absolute atomic E-state index is 0.229.